The van der Waals surface area contributed by atoms with E-state index in [1.165, 1.54) is 24.1 Å². The zero-order valence-corrected chi connectivity index (χ0v) is 8.56. The highest BCUT2D eigenvalue weighted by Gasteiger charge is 2.11. The molecule has 1 unspecified atom stereocenters. The molecule has 0 radical (unpaired) electrons. The summed E-state index contributed by atoms with van der Waals surface area (Å²) < 4.78 is 0. The lowest BCUT2D eigenvalue weighted by atomic mass is 10.0. The number of hydrogen-bond acceptors (Lipinski definition) is 1. The van der Waals surface area contributed by atoms with E-state index in [1.807, 2.05) is 12.1 Å². The van der Waals surface area contributed by atoms with Gasteiger partial charge in [0, 0.05) is 17.3 Å². The van der Waals surface area contributed by atoms with Crippen molar-refractivity contribution in [3.63, 3.8) is 0 Å². The molecule has 2 heteroatoms. The van der Waals surface area contributed by atoms with Crippen molar-refractivity contribution in [2.24, 2.45) is 5.92 Å². The lowest BCUT2D eigenvalue weighted by molar-refractivity contribution is 0.571. The fourth-order valence-corrected chi connectivity index (χ4v) is 1.89. The maximum absolute atomic E-state index is 5.93. The molecule has 0 saturated heterocycles. The Bertz CT molecular complexity index is 309. The molecule has 0 fully saturated rings. The third kappa shape index (κ3) is 1.97. The van der Waals surface area contributed by atoms with Crippen LogP contribution in [0.5, 0.6) is 0 Å². The second-order valence-corrected chi connectivity index (χ2v) is 4.26. The minimum Gasteiger partial charge on any atom is -0.385 e. The van der Waals surface area contributed by atoms with Gasteiger partial charge in [0.25, 0.3) is 0 Å². The normalized spacial score (nSPS) is 21.5. The standard InChI is InChI=1S/C11H14ClN/c1-8-2-3-9-4-5-10(12)6-11(9)13-7-8/h4-6,8,13H,2-3,7H2,1H3. The second-order valence-electron chi connectivity index (χ2n) is 3.83. The van der Waals surface area contributed by atoms with Crippen molar-refractivity contribution < 1.29 is 0 Å². The summed E-state index contributed by atoms with van der Waals surface area (Å²) in [6, 6.07) is 6.12. The van der Waals surface area contributed by atoms with Crippen LogP contribution in [0.1, 0.15) is 18.9 Å². The molecule has 0 aliphatic carbocycles. The zero-order chi connectivity index (χ0) is 9.26. The number of aryl methyl sites for hydroxylation is 1. The average molecular weight is 196 g/mol. The third-order valence-electron chi connectivity index (χ3n) is 2.62. The third-order valence-corrected chi connectivity index (χ3v) is 2.85. The number of hydrogen-bond donors (Lipinski definition) is 1. The molecule has 0 spiro atoms. The van der Waals surface area contributed by atoms with Crippen LogP contribution in [0.3, 0.4) is 0 Å². The Morgan fingerprint density at radius 1 is 1.46 bits per heavy atom. The van der Waals surface area contributed by atoms with Gasteiger partial charge in [0.2, 0.25) is 0 Å². The van der Waals surface area contributed by atoms with E-state index in [2.05, 4.69) is 18.3 Å². The molecule has 1 aromatic carbocycles. The minimum atomic E-state index is 0.756. The summed E-state index contributed by atoms with van der Waals surface area (Å²) in [6.45, 7) is 3.34. The van der Waals surface area contributed by atoms with Crippen LogP contribution in [0.25, 0.3) is 0 Å². The van der Waals surface area contributed by atoms with Gasteiger partial charge in [0.05, 0.1) is 0 Å². The van der Waals surface area contributed by atoms with Crippen LogP contribution in [0.15, 0.2) is 18.2 Å². The van der Waals surface area contributed by atoms with Gasteiger partial charge in [-0.25, -0.2) is 0 Å². The molecule has 2 rings (SSSR count). The summed E-state index contributed by atoms with van der Waals surface area (Å²) >= 11 is 5.93. The molecule has 0 saturated carbocycles. The van der Waals surface area contributed by atoms with E-state index in [0.29, 0.717) is 0 Å². The topological polar surface area (TPSA) is 12.0 Å². The van der Waals surface area contributed by atoms with E-state index < -0.39 is 0 Å². The summed E-state index contributed by atoms with van der Waals surface area (Å²) in [7, 11) is 0. The summed E-state index contributed by atoms with van der Waals surface area (Å²) in [6.07, 6.45) is 2.43. The van der Waals surface area contributed by atoms with Gasteiger partial charge in [-0.1, -0.05) is 24.6 Å². The Morgan fingerprint density at radius 2 is 2.31 bits per heavy atom. The summed E-state index contributed by atoms with van der Waals surface area (Å²) in [5.74, 6) is 0.756. The van der Waals surface area contributed by atoms with Crippen molar-refractivity contribution in [3.05, 3.63) is 28.8 Å². The largest absolute Gasteiger partial charge is 0.385 e. The first kappa shape index (κ1) is 8.89. The molecule has 0 amide bonds. The molecule has 70 valence electrons. The first-order chi connectivity index (χ1) is 6.25. The molecular weight excluding hydrogens is 182 g/mol. The fourth-order valence-electron chi connectivity index (χ4n) is 1.72. The van der Waals surface area contributed by atoms with Crippen molar-refractivity contribution in [2.75, 3.05) is 11.9 Å². The van der Waals surface area contributed by atoms with Gasteiger partial charge in [0.15, 0.2) is 0 Å². The summed E-state index contributed by atoms with van der Waals surface area (Å²) in [5, 5.41) is 4.25. The lowest BCUT2D eigenvalue weighted by Crippen LogP contribution is -2.08. The van der Waals surface area contributed by atoms with E-state index in [9.17, 15) is 0 Å². The lowest BCUT2D eigenvalue weighted by Gasteiger charge is -2.08. The van der Waals surface area contributed by atoms with Crippen LogP contribution in [-0.2, 0) is 6.42 Å². The van der Waals surface area contributed by atoms with E-state index in [0.717, 1.165) is 17.5 Å². The Labute approximate surface area is 84.1 Å². The summed E-state index contributed by atoms with van der Waals surface area (Å²) in [5.41, 5.74) is 2.62. The molecule has 1 N–H and O–H groups in total. The van der Waals surface area contributed by atoms with Crippen molar-refractivity contribution in [1.29, 1.82) is 0 Å². The number of benzene rings is 1. The first-order valence-electron chi connectivity index (χ1n) is 4.78. The Balaban J connectivity index is 2.30. The molecule has 13 heavy (non-hydrogen) atoms. The number of anilines is 1. The maximum Gasteiger partial charge on any atom is 0.0426 e. The van der Waals surface area contributed by atoms with Crippen molar-refractivity contribution >= 4 is 17.3 Å². The summed E-state index contributed by atoms with van der Waals surface area (Å²) in [4.78, 5) is 0. The molecule has 1 aromatic rings. The van der Waals surface area contributed by atoms with Gasteiger partial charge in [0.1, 0.15) is 0 Å². The molecule has 1 aliphatic heterocycles. The van der Waals surface area contributed by atoms with Gasteiger partial charge in [-0.3, -0.25) is 0 Å². The fraction of sp³-hybridized carbons (Fsp3) is 0.455. The van der Waals surface area contributed by atoms with Crippen molar-refractivity contribution in [3.8, 4) is 0 Å². The number of halogens is 1. The maximum atomic E-state index is 5.93. The average Bonchev–Trinajstić information content (AvgIpc) is 2.29. The van der Waals surface area contributed by atoms with Crippen LogP contribution in [0, 0.1) is 5.92 Å². The second kappa shape index (κ2) is 3.59. The van der Waals surface area contributed by atoms with Gasteiger partial charge in [-0.15, -0.1) is 0 Å². The van der Waals surface area contributed by atoms with E-state index >= 15 is 0 Å². The zero-order valence-electron chi connectivity index (χ0n) is 7.81. The van der Waals surface area contributed by atoms with Crippen molar-refractivity contribution in [2.45, 2.75) is 19.8 Å². The number of rotatable bonds is 0. The monoisotopic (exact) mass is 195 g/mol. The minimum absolute atomic E-state index is 0.756. The molecule has 1 atom stereocenters. The Kier molecular flexibility index (Phi) is 2.45. The molecule has 1 aliphatic rings. The Morgan fingerprint density at radius 3 is 3.15 bits per heavy atom. The van der Waals surface area contributed by atoms with Gasteiger partial charge >= 0.3 is 0 Å². The molecule has 1 nitrogen and oxygen atoms in total. The van der Waals surface area contributed by atoms with E-state index in [1.54, 1.807) is 0 Å². The van der Waals surface area contributed by atoms with Gasteiger partial charge in [-0.2, -0.15) is 0 Å². The number of nitrogens with one attached hydrogen (secondary N) is 1. The highest BCUT2D eigenvalue weighted by atomic mass is 35.5. The highest BCUT2D eigenvalue weighted by molar-refractivity contribution is 6.30. The molecule has 0 bridgehead atoms. The van der Waals surface area contributed by atoms with Crippen LogP contribution in [0.2, 0.25) is 5.02 Å². The molecule has 0 aromatic heterocycles. The Hall–Kier alpha value is -0.690. The quantitative estimate of drug-likeness (QED) is 0.670. The van der Waals surface area contributed by atoms with Crippen molar-refractivity contribution in [1.82, 2.24) is 0 Å². The molecular formula is C11H14ClN. The van der Waals surface area contributed by atoms with Crippen LogP contribution in [-0.4, -0.2) is 6.54 Å². The SMILES string of the molecule is CC1CCc2ccc(Cl)cc2NC1. The first-order valence-corrected chi connectivity index (χ1v) is 5.16. The van der Waals surface area contributed by atoms with Gasteiger partial charge in [-0.05, 0) is 36.5 Å². The predicted octanol–water partition coefficient (Wildman–Crippen LogP) is 3.33. The highest BCUT2D eigenvalue weighted by Crippen LogP contribution is 2.26. The predicted molar refractivity (Wildman–Crippen MR) is 57.4 cm³/mol. The van der Waals surface area contributed by atoms with E-state index in [-0.39, 0.29) is 0 Å². The van der Waals surface area contributed by atoms with Gasteiger partial charge < -0.3 is 5.32 Å². The number of fused-ring (bicyclic) bond motifs is 1. The smallest absolute Gasteiger partial charge is 0.0426 e. The molecule has 1 heterocycles. The van der Waals surface area contributed by atoms with Crippen LogP contribution in [0.4, 0.5) is 5.69 Å². The van der Waals surface area contributed by atoms with E-state index in [4.69, 9.17) is 11.6 Å². The van der Waals surface area contributed by atoms with Crippen LogP contribution < -0.4 is 5.32 Å². The van der Waals surface area contributed by atoms with Crippen LogP contribution >= 0.6 is 11.6 Å².